The number of aryl methyl sites for hydroxylation is 1. The van der Waals surface area contributed by atoms with E-state index in [9.17, 15) is 9.59 Å². The van der Waals surface area contributed by atoms with Crippen LogP contribution in [0, 0.1) is 0 Å². The van der Waals surface area contributed by atoms with Crippen LogP contribution in [0.5, 0.6) is 0 Å². The van der Waals surface area contributed by atoms with E-state index in [0.29, 0.717) is 29.3 Å². The fraction of sp³-hybridized carbons (Fsp3) is 0.320. The number of anilines is 1. The number of amides is 1. The minimum Gasteiger partial charge on any atom is -0.383 e. The van der Waals surface area contributed by atoms with Crippen molar-refractivity contribution in [3.8, 4) is 0 Å². The highest BCUT2D eigenvalue weighted by molar-refractivity contribution is 7.99. The van der Waals surface area contributed by atoms with E-state index in [2.05, 4.69) is 17.2 Å². The van der Waals surface area contributed by atoms with Crippen LogP contribution in [0.4, 0.5) is 5.69 Å². The summed E-state index contributed by atoms with van der Waals surface area (Å²) in [6, 6.07) is 15.6. The van der Waals surface area contributed by atoms with E-state index in [-0.39, 0.29) is 17.2 Å². The monoisotopic (exact) mass is 464 g/mol. The lowest BCUT2D eigenvalue weighted by Gasteiger charge is -2.12. The molecule has 0 saturated carbocycles. The van der Waals surface area contributed by atoms with E-state index in [1.807, 2.05) is 48.5 Å². The molecule has 0 unspecified atom stereocenters. The fourth-order valence-electron chi connectivity index (χ4n) is 3.73. The topological polar surface area (TPSA) is 89.0 Å². The molecule has 2 aromatic heterocycles. The first-order chi connectivity index (χ1) is 16.1. The highest BCUT2D eigenvalue weighted by Gasteiger charge is 2.17. The Morgan fingerprint density at radius 1 is 1.18 bits per heavy atom. The van der Waals surface area contributed by atoms with Crippen LogP contribution in [0.1, 0.15) is 25.3 Å². The molecule has 0 aliphatic heterocycles. The van der Waals surface area contributed by atoms with Crippen molar-refractivity contribution < 1.29 is 9.53 Å². The number of fused-ring (bicyclic) bond motifs is 3. The smallest absolute Gasteiger partial charge is 0.278 e. The number of nitrogens with one attached hydrogen (secondary N) is 2. The average Bonchev–Trinajstić information content (AvgIpc) is 3.21. The molecule has 7 nitrogen and oxygen atoms in total. The van der Waals surface area contributed by atoms with Crippen LogP contribution in [0.2, 0.25) is 0 Å². The average molecular weight is 465 g/mol. The molecule has 0 saturated heterocycles. The minimum atomic E-state index is -0.168. The second kappa shape index (κ2) is 10.7. The Hall–Kier alpha value is -3.10. The Morgan fingerprint density at radius 3 is 2.73 bits per heavy atom. The standard InChI is InChI=1S/C25H28N4O3S/c1-3-4-7-17-10-12-18(13-11-17)26-21(30)16-33-25-28-22-19-8-5-6-9-20(19)27-23(22)24(31)29(25)14-15-32-2/h5-6,8-13,27H,3-4,7,14-16H2,1-2H3,(H,26,30). The summed E-state index contributed by atoms with van der Waals surface area (Å²) in [5.41, 5.74) is 3.80. The van der Waals surface area contributed by atoms with Gasteiger partial charge in [-0.05, 0) is 36.6 Å². The molecular formula is C25H28N4O3S. The van der Waals surface area contributed by atoms with E-state index in [1.165, 1.54) is 17.3 Å². The summed E-state index contributed by atoms with van der Waals surface area (Å²) in [6.07, 6.45) is 3.35. The van der Waals surface area contributed by atoms with Gasteiger partial charge in [-0.3, -0.25) is 14.2 Å². The van der Waals surface area contributed by atoms with Gasteiger partial charge in [0.1, 0.15) is 11.0 Å². The molecule has 0 fully saturated rings. The second-order valence-electron chi connectivity index (χ2n) is 7.88. The molecule has 172 valence electrons. The van der Waals surface area contributed by atoms with Gasteiger partial charge in [-0.2, -0.15) is 0 Å². The van der Waals surface area contributed by atoms with E-state index in [0.717, 1.165) is 35.9 Å². The third-order valence-corrected chi connectivity index (χ3v) is 6.46. The lowest BCUT2D eigenvalue weighted by Crippen LogP contribution is -2.26. The number of carbonyl (C=O) groups excluding carboxylic acids is 1. The maximum absolute atomic E-state index is 13.2. The van der Waals surface area contributed by atoms with Crippen LogP contribution < -0.4 is 10.9 Å². The number of benzene rings is 2. The first kappa shape index (κ1) is 23.1. The van der Waals surface area contributed by atoms with E-state index >= 15 is 0 Å². The number of unbranched alkanes of at least 4 members (excludes halogenated alkanes) is 1. The van der Waals surface area contributed by atoms with Crippen molar-refractivity contribution in [1.29, 1.82) is 0 Å². The van der Waals surface area contributed by atoms with Crippen LogP contribution in [0.15, 0.2) is 58.5 Å². The van der Waals surface area contributed by atoms with Crippen LogP contribution in [-0.4, -0.2) is 39.9 Å². The molecule has 33 heavy (non-hydrogen) atoms. The molecular weight excluding hydrogens is 436 g/mol. The first-order valence-corrected chi connectivity index (χ1v) is 12.1. The Bertz CT molecular complexity index is 1310. The zero-order valence-corrected chi connectivity index (χ0v) is 19.7. The van der Waals surface area contributed by atoms with Gasteiger partial charge in [0.25, 0.3) is 5.56 Å². The van der Waals surface area contributed by atoms with Gasteiger partial charge in [0, 0.05) is 23.7 Å². The molecule has 0 aliphatic rings. The lowest BCUT2D eigenvalue weighted by molar-refractivity contribution is -0.113. The molecule has 0 radical (unpaired) electrons. The highest BCUT2D eigenvalue weighted by Crippen LogP contribution is 2.25. The number of H-pyrrole nitrogens is 1. The molecule has 0 spiro atoms. The number of rotatable bonds is 10. The molecule has 1 amide bonds. The van der Waals surface area contributed by atoms with Crippen LogP contribution in [0.25, 0.3) is 21.9 Å². The van der Waals surface area contributed by atoms with Crippen molar-refractivity contribution in [2.24, 2.45) is 0 Å². The van der Waals surface area contributed by atoms with Crippen LogP contribution in [0.3, 0.4) is 0 Å². The van der Waals surface area contributed by atoms with Crippen molar-refractivity contribution in [3.05, 3.63) is 64.4 Å². The lowest BCUT2D eigenvalue weighted by atomic mass is 10.1. The number of aromatic nitrogens is 3. The van der Waals surface area contributed by atoms with Crippen molar-refractivity contribution in [3.63, 3.8) is 0 Å². The van der Waals surface area contributed by atoms with Gasteiger partial charge in [0.05, 0.1) is 18.9 Å². The number of carbonyl (C=O) groups is 1. The van der Waals surface area contributed by atoms with Gasteiger partial charge < -0.3 is 15.0 Å². The Morgan fingerprint density at radius 2 is 1.97 bits per heavy atom. The van der Waals surface area contributed by atoms with Gasteiger partial charge in [-0.1, -0.05) is 55.4 Å². The van der Waals surface area contributed by atoms with Crippen molar-refractivity contribution in [1.82, 2.24) is 14.5 Å². The first-order valence-electron chi connectivity index (χ1n) is 11.1. The van der Waals surface area contributed by atoms with Crippen molar-refractivity contribution >= 4 is 45.3 Å². The number of ether oxygens (including phenoxy) is 1. The Kier molecular flexibility index (Phi) is 7.47. The Balaban J connectivity index is 1.53. The minimum absolute atomic E-state index is 0.144. The van der Waals surface area contributed by atoms with Gasteiger partial charge in [-0.25, -0.2) is 4.98 Å². The number of thioether (sulfide) groups is 1. The predicted octanol–water partition coefficient (Wildman–Crippen LogP) is 4.60. The zero-order valence-electron chi connectivity index (χ0n) is 18.9. The summed E-state index contributed by atoms with van der Waals surface area (Å²) in [5, 5.41) is 4.32. The second-order valence-corrected chi connectivity index (χ2v) is 8.82. The summed E-state index contributed by atoms with van der Waals surface area (Å²) < 4.78 is 6.75. The normalized spacial score (nSPS) is 11.3. The number of hydrogen-bond acceptors (Lipinski definition) is 5. The number of nitrogens with zero attached hydrogens (tertiary/aromatic N) is 2. The van der Waals surface area contributed by atoms with Crippen LogP contribution in [-0.2, 0) is 22.5 Å². The van der Waals surface area contributed by atoms with E-state index in [4.69, 9.17) is 9.72 Å². The number of hydrogen-bond donors (Lipinski definition) is 2. The molecule has 8 heteroatoms. The van der Waals surface area contributed by atoms with Crippen LogP contribution >= 0.6 is 11.8 Å². The fourth-order valence-corrected chi connectivity index (χ4v) is 4.55. The zero-order chi connectivity index (χ0) is 23.2. The van der Waals surface area contributed by atoms with E-state index < -0.39 is 0 Å². The summed E-state index contributed by atoms with van der Waals surface area (Å²) >= 11 is 1.25. The number of methoxy groups -OCH3 is 1. The van der Waals surface area contributed by atoms with Crippen molar-refractivity contribution in [2.45, 2.75) is 37.9 Å². The summed E-state index contributed by atoms with van der Waals surface area (Å²) in [6.45, 7) is 2.90. The third-order valence-electron chi connectivity index (χ3n) is 5.48. The van der Waals surface area contributed by atoms with Gasteiger partial charge in [0.2, 0.25) is 5.91 Å². The van der Waals surface area contributed by atoms with Gasteiger partial charge >= 0.3 is 0 Å². The maximum atomic E-state index is 13.2. The molecule has 0 bridgehead atoms. The number of para-hydroxylation sites is 1. The quantitative estimate of drug-likeness (QED) is 0.265. The number of aromatic amines is 1. The Labute approximate surface area is 196 Å². The molecule has 2 heterocycles. The summed E-state index contributed by atoms with van der Waals surface area (Å²) in [4.78, 5) is 33.7. The third kappa shape index (κ3) is 5.29. The molecule has 0 atom stereocenters. The largest absolute Gasteiger partial charge is 0.383 e. The van der Waals surface area contributed by atoms with Gasteiger partial charge in [-0.15, -0.1) is 0 Å². The van der Waals surface area contributed by atoms with Crippen molar-refractivity contribution in [2.75, 3.05) is 24.8 Å². The van der Waals surface area contributed by atoms with E-state index in [1.54, 1.807) is 11.7 Å². The maximum Gasteiger partial charge on any atom is 0.278 e. The molecule has 4 aromatic rings. The predicted molar refractivity (Wildman–Crippen MR) is 134 cm³/mol. The SMILES string of the molecule is CCCCc1ccc(NC(=O)CSc2nc3c([nH]c4ccccc43)c(=O)n2CCOC)cc1. The molecule has 2 aromatic carbocycles. The summed E-state index contributed by atoms with van der Waals surface area (Å²) in [5.74, 6) is -0.00177. The molecule has 0 aliphatic carbocycles. The van der Waals surface area contributed by atoms with Gasteiger partial charge in [0.15, 0.2) is 5.16 Å². The highest BCUT2D eigenvalue weighted by atomic mass is 32.2. The summed E-state index contributed by atoms with van der Waals surface area (Å²) in [7, 11) is 1.59. The molecule has 2 N–H and O–H groups in total. The molecule has 4 rings (SSSR count).